The summed E-state index contributed by atoms with van der Waals surface area (Å²) < 4.78 is 1.63. The molecule has 54 valence electrons. The van der Waals surface area contributed by atoms with Crippen molar-refractivity contribution < 1.29 is 0 Å². The highest BCUT2D eigenvalue weighted by molar-refractivity contribution is 5.96. The molecule has 0 saturated carbocycles. The molecule has 0 atom stereocenters. The van der Waals surface area contributed by atoms with Crippen LogP contribution in [0.1, 0.15) is 5.56 Å². The van der Waals surface area contributed by atoms with E-state index >= 15 is 0 Å². The van der Waals surface area contributed by atoms with E-state index in [0.717, 1.165) is 5.56 Å². The molecule has 10 heavy (non-hydrogen) atoms. The Morgan fingerprint density at radius 1 is 1.80 bits per heavy atom. The lowest BCUT2D eigenvalue weighted by molar-refractivity contribution is 0.767. The van der Waals surface area contributed by atoms with Gasteiger partial charge < -0.3 is 11.6 Å². The number of aromatic nitrogens is 2. The van der Waals surface area contributed by atoms with Crippen LogP contribution in [0.4, 0.5) is 0 Å². The van der Waals surface area contributed by atoms with Crippen LogP contribution in [0.2, 0.25) is 0 Å². The average molecular weight is 139 g/mol. The molecule has 0 amide bonds. The Labute approximate surface area is 58.3 Å². The van der Waals surface area contributed by atoms with Gasteiger partial charge in [-0.2, -0.15) is 10.2 Å². The van der Waals surface area contributed by atoms with E-state index in [1.54, 1.807) is 24.1 Å². The molecule has 1 rings (SSSR count). The van der Waals surface area contributed by atoms with E-state index < -0.39 is 0 Å². The topological polar surface area (TPSA) is 82.2 Å². The molecule has 0 bridgehead atoms. The van der Waals surface area contributed by atoms with Crippen LogP contribution in [-0.4, -0.2) is 15.6 Å². The Hall–Kier alpha value is -1.52. The second-order valence-electron chi connectivity index (χ2n) is 1.92. The van der Waals surface area contributed by atoms with Crippen molar-refractivity contribution in [3.63, 3.8) is 0 Å². The van der Waals surface area contributed by atoms with Gasteiger partial charge in [0.15, 0.2) is 5.84 Å². The lowest BCUT2D eigenvalue weighted by atomic mass is 10.3. The summed E-state index contributed by atoms with van der Waals surface area (Å²) in [5, 5.41) is 7.20. The first-order valence-electron chi connectivity index (χ1n) is 2.76. The zero-order chi connectivity index (χ0) is 7.56. The minimum Gasteiger partial charge on any atom is -0.382 e. The van der Waals surface area contributed by atoms with Crippen LogP contribution in [0.3, 0.4) is 0 Å². The molecule has 0 aliphatic heterocycles. The van der Waals surface area contributed by atoms with Gasteiger partial charge in [0.25, 0.3) is 0 Å². The third-order valence-corrected chi connectivity index (χ3v) is 1.14. The molecule has 0 radical (unpaired) electrons. The molecule has 4 N–H and O–H groups in total. The number of hydrogen-bond acceptors (Lipinski definition) is 3. The number of amidine groups is 1. The number of rotatable bonds is 1. The maximum absolute atomic E-state index is 5.38. The van der Waals surface area contributed by atoms with Crippen molar-refractivity contribution in [3.05, 3.63) is 18.0 Å². The van der Waals surface area contributed by atoms with Crippen molar-refractivity contribution in [1.29, 1.82) is 0 Å². The second kappa shape index (κ2) is 2.38. The van der Waals surface area contributed by atoms with E-state index in [0.29, 0.717) is 5.84 Å². The molecule has 0 unspecified atom stereocenters. The third-order valence-electron chi connectivity index (χ3n) is 1.14. The van der Waals surface area contributed by atoms with Gasteiger partial charge in [-0.15, -0.1) is 0 Å². The third kappa shape index (κ3) is 1.07. The van der Waals surface area contributed by atoms with Gasteiger partial charge in [0.2, 0.25) is 0 Å². The fraction of sp³-hybridized carbons (Fsp3) is 0.200. The number of aryl methyl sites for hydroxylation is 1. The highest BCUT2D eigenvalue weighted by Crippen LogP contribution is 1.93. The number of nitrogens with zero attached hydrogens (tertiary/aromatic N) is 3. The zero-order valence-electron chi connectivity index (χ0n) is 5.65. The summed E-state index contributed by atoms with van der Waals surface area (Å²) in [5.74, 6) is 5.24. The van der Waals surface area contributed by atoms with E-state index in [4.69, 9.17) is 11.6 Å². The van der Waals surface area contributed by atoms with Crippen molar-refractivity contribution >= 4 is 5.84 Å². The quantitative estimate of drug-likeness (QED) is 0.226. The monoisotopic (exact) mass is 139 g/mol. The van der Waals surface area contributed by atoms with Gasteiger partial charge in [0, 0.05) is 13.2 Å². The van der Waals surface area contributed by atoms with Crippen LogP contribution in [0, 0.1) is 0 Å². The maximum atomic E-state index is 5.38. The number of hydrazone groups is 1. The van der Waals surface area contributed by atoms with Crippen molar-refractivity contribution in [2.75, 3.05) is 0 Å². The van der Waals surface area contributed by atoms with E-state index in [1.807, 2.05) is 0 Å². The first-order chi connectivity index (χ1) is 4.74. The summed E-state index contributed by atoms with van der Waals surface area (Å²) in [4.78, 5) is 0. The SMILES string of the molecule is Cn1cc(C(N)=NN)cn1. The lowest BCUT2D eigenvalue weighted by Crippen LogP contribution is -2.14. The number of nitrogens with two attached hydrogens (primary N) is 2. The fourth-order valence-electron chi connectivity index (χ4n) is 0.628. The molecule has 0 fully saturated rings. The van der Waals surface area contributed by atoms with Crippen molar-refractivity contribution in [3.8, 4) is 0 Å². The molecule has 0 aromatic carbocycles. The molecule has 5 nitrogen and oxygen atoms in total. The normalized spacial score (nSPS) is 11.9. The Bertz CT molecular complexity index is 248. The Morgan fingerprint density at radius 2 is 2.50 bits per heavy atom. The molecule has 1 aromatic rings. The minimum absolute atomic E-state index is 0.299. The molecule has 0 spiro atoms. The van der Waals surface area contributed by atoms with Crippen molar-refractivity contribution in [2.45, 2.75) is 0 Å². The predicted molar refractivity (Wildman–Crippen MR) is 38.1 cm³/mol. The summed E-state index contributed by atoms with van der Waals surface area (Å²) in [6.07, 6.45) is 3.34. The fourth-order valence-corrected chi connectivity index (χ4v) is 0.628. The van der Waals surface area contributed by atoms with Crippen molar-refractivity contribution in [2.24, 2.45) is 23.7 Å². The Morgan fingerprint density at radius 3 is 2.90 bits per heavy atom. The standard InChI is InChI=1S/C5H9N5/c1-10-3-4(2-8-10)5(6)9-7/h2-3H,7H2,1H3,(H2,6,9). The molecular weight excluding hydrogens is 130 g/mol. The van der Waals surface area contributed by atoms with Gasteiger partial charge in [-0.25, -0.2) is 0 Å². The summed E-state index contributed by atoms with van der Waals surface area (Å²) in [6.45, 7) is 0. The summed E-state index contributed by atoms with van der Waals surface area (Å²) >= 11 is 0. The average Bonchev–Trinajstić information content (AvgIpc) is 2.34. The maximum Gasteiger partial charge on any atom is 0.153 e. The Balaban J connectivity index is 2.95. The van der Waals surface area contributed by atoms with Crippen LogP contribution in [0.5, 0.6) is 0 Å². The lowest BCUT2D eigenvalue weighted by Gasteiger charge is -1.89. The molecular formula is C5H9N5. The zero-order valence-corrected chi connectivity index (χ0v) is 5.65. The van der Waals surface area contributed by atoms with Gasteiger partial charge in [0.05, 0.1) is 11.8 Å². The molecule has 1 heterocycles. The van der Waals surface area contributed by atoms with E-state index in [2.05, 4.69) is 10.2 Å². The molecule has 0 saturated heterocycles. The van der Waals surface area contributed by atoms with Gasteiger partial charge in [-0.3, -0.25) is 4.68 Å². The Kier molecular flexibility index (Phi) is 1.57. The highest BCUT2D eigenvalue weighted by Gasteiger charge is 1.98. The van der Waals surface area contributed by atoms with Gasteiger partial charge >= 0.3 is 0 Å². The van der Waals surface area contributed by atoms with E-state index in [9.17, 15) is 0 Å². The van der Waals surface area contributed by atoms with Crippen LogP contribution in [0.15, 0.2) is 17.5 Å². The van der Waals surface area contributed by atoms with E-state index in [1.165, 1.54) is 0 Å². The van der Waals surface area contributed by atoms with Crippen LogP contribution in [-0.2, 0) is 7.05 Å². The minimum atomic E-state index is 0.299. The second-order valence-corrected chi connectivity index (χ2v) is 1.92. The van der Waals surface area contributed by atoms with Crippen LogP contribution in [0.25, 0.3) is 0 Å². The first-order valence-corrected chi connectivity index (χ1v) is 2.76. The predicted octanol–water partition coefficient (Wildman–Crippen LogP) is -1.00. The number of hydrogen-bond donors (Lipinski definition) is 2. The summed E-state index contributed by atoms with van der Waals surface area (Å²) in [7, 11) is 1.80. The smallest absolute Gasteiger partial charge is 0.153 e. The molecule has 1 aromatic heterocycles. The van der Waals surface area contributed by atoms with Crippen LogP contribution < -0.4 is 11.6 Å². The highest BCUT2D eigenvalue weighted by atomic mass is 15.2. The van der Waals surface area contributed by atoms with Gasteiger partial charge in [0.1, 0.15) is 0 Å². The van der Waals surface area contributed by atoms with Crippen LogP contribution >= 0.6 is 0 Å². The largest absolute Gasteiger partial charge is 0.382 e. The molecule has 0 aliphatic carbocycles. The molecule has 0 aliphatic rings. The molecule has 5 heteroatoms. The van der Waals surface area contributed by atoms with Crippen molar-refractivity contribution in [1.82, 2.24) is 9.78 Å². The van der Waals surface area contributed by atoms with Gasteiger partial charge in [-0.05, 0) is 0 Å². The first kappa shape index (κ1) is 6.60. The summed E-state index contributed by atoms with van der Waals surface area (Å²) in [6, 6.07) is 0. The summed E-state index contributed by atoms with van der Waals surface area (Å²) in [5.41, 5.74) is 6.12. The van der Waals surface area contributed by atoms with Gasteiger partial charge in [-0.1, -0.05) is 0 Å². The van der Waals surface area contributed by atoms with E-state index in [-0.39, 0.29) is 0 Å².